The highest BCUT2D eigenvalue weighted by Gasteiger charge is 2.39. The first-order valence-corrected chi connectivity index (χ1v) is 6.13. The second-order valence-corrected chi connectivity index (χ2v) is 4.93. The van der Waals surface area contributed by atoms with E-state index >= 15 is 0 Å². The molecule has 1 aliphatic rings. The van der Waals surface area contributed by atoms with Gasteiger partial charge in [0, 0.05) is 11.7 Å². The molecule has 1 aromatic carbocycles. The zero-order valence-electron chi connectivity index (χ0n) is 9.97. The van der Waals surface area contributed by atoms with Crippen LogP contribution in [0.5, 0.6) is 0 Å². The van der Waals surface area contributed by atoms with Gasteiger partial charge >= 0.3 is 6.18 Å². The maximum absolute atomic E-state index is 12.7. The van der Waals surface area contributed by atoms with Crippen molar-refractivity contribution in [2.24, 2.45) is 5.73 Å². The van der Waals surface area contributed by atoms with E-state index in [2.05, 4.69) is 0 Å². The molecule has 1 aliphatic carbocycles. The van der Waals surface area contributed by atoms with Crippen molar-refractivity contribution in [3.63, 3.8) is 0 Å². The molecule has 1 aromatic rings. The van der Waals surface area contributed by atoms with Gasteiger partial charge in [0.1, 0.15) is 12.4 Å². The van der Waals surface area contributed by atoms with Gasteiger partial charge in [-0.2, -0.15) is 13.2 Å². The Kier molecular flexibility index (Phi) is 3.62. The van der Waals surface area contributed by atoms with Gasteiger partial charge in [0.2, 0.25) is 0 Å². The molecule has 19 heavy (non-hydrogen) atoms. The van der Waals surface area contributed by atoms with Gasteiger partial charge in [-0.25, -0.2) is 0 Å². The van der Waals surface area contributed by atoms with Gasteiger partial charge in [-0.3, -0.25) is 5.41 Å². The van der Waals surface area contributed by atoms with Gasteiger partial charge in [0.15, 0.2) is 0 Å². The van der Waals surface area contributed by atoms with Crippen molar-refractivity contribution >= 4 is 23.1 Å². The first kappa shape index (κ1) is 14.0. The molecule has 2 rings (SSSR count). The quantitative estimate of drug-likeness (QED) is 0.661. The predicted octanol–water partition coefficient (Wildman–Crippen LogP) is 3.16. The summed E-state index contributed by atoms with van der Waals surface area (Å²) in [7, 11) is 0. The van der Waals surface area contributed by atoms with Gasteiger partial charge in [-0.05, 0) is 25.0 Å². The van der Waals surface area contributed by atoms with Crippen molar-refractivity contribution in [1.29, 1.82) is 5.41 Å². The van der Waals surface area contributed by atoms with Crippen molar-refractivity contribution in [2.45, 2.75) is 25.1 Å². The van der Waals surface area contributed by atoms with E-state index in [9.17, 15) is 13.2 Å². The molecule has 0 aliphatic heterocycles. The van der Waals surface area contributed by atoms with Crippen LogP contribution in [-0.4, -0.2) is 24.6 Å². The van der Waals surface area contributed by atoms with E-state index in [4.69, 9.17) is 22.7 Å². The fourth-order valence-corrected chi connectivity index (χ4v) is 2.28. The van der Waals surface area contributed by atoms with Crippen molar-refractivity contribution < 1.29 is 13.2 Å². The third-order valence-electron chi connectivity index (χ3n) is 2.91. The molecule has 7 heteroatoms. The van der Waals surface area contributed by atoms with Gasteiger partial charge < -0.3 is 10.6 Å². The van der Waals surface area contributed by atoms with Crippen LogP contribution < -0.4 is 10.6 Å². The molecule has 0 aromatic heterocycles. The molecule has 0 heterocycles. The van der Waals surface area contributed by atoms with E-state index in [1.54, 1.807) is 6.07 Å². The topological polar surface area (TPSA) is 53.1 Å². The number of hydrogen-bond acceptors (Lipinski definition) is 2. The number of nitrogens with one attached hydrogen (secondary N) is 1. The van der Waals surface area contributed by atoms with Gasteiger partial charge in [-0.15, -0.1) is 0 Å². The van der Waals surface area contributed by atoms with Crippen molar-refractivity contribution in [2.75, 3.05) is 11.4 Å². The highest BCUT2D eigenvalue weighted by molar-refractivity contribution is 6.34. The minimum Gasteiger partial charge on any atom is -0.384 e. The normalized spacial score (nSPS) is 15.4. The number of nitrogens with zero attached hydrogens (tertiary/aromatic N) is 1. The van der Waals surface area contributed by atoms with Crippen molar-refractivity contribution in [3.05, 3.63) is 28.8 Å². The molecular weight excluding hydrogens is 279 g/mol. The fourth-order valence-electron chi connectivity index (χ4n) is 2.01. The second-order valence-electron chi connectivity index (χ2n) is 4.52. The minimum absolute atomic E-state index is 0.154. The van der Waals surface area contributed by atoms with E-state index in [-0.39, 0.29) is 28.2 Å². The third kappa shape index (κ3) is 3.32. The summed E-state index contributed by atoms with van der Waals surface area (Å²) in [6.07, 6.45) is -2.89. The second kappa shape index (κ2) is 4.92. The maximum atomic E-state index is 12.7. The average Bonchev–Trinajstić information content (AvgIpc) is 3.07. The number of rotatable bonds is 4. The Morgan fingerprint density at radius 2 is 2.05 bits per heavy atom. The summed E-state index contributed by atoms with van der Waals surface area (Å²) in [6.45, 7) is -1.06. The summed E-state index contributed by atoms with van der Waals surface area (Å²) >= 11 is 5.94. The van der Waals surface area contributed by atoms with Crippen LogP contribution in [0.2, 0.25) is 5.02 Å². The SMILES string of the molecule is N=C(N)c1c(Cl)cccc1N(CC(F)(F)F)C1CC1. The number of nitrogens with two attached hydrogens (primary N) is 1. The molecule has 0 saturated heterocycles. The fraction of sp³-hybridized carbons (Fsp3) is 0.417. The van der Waals surface area contributed by atoms with Gasteiger partial charge in [0.05, 0.1) is 10.6 Å². The predicted molar refractivity (Wildman–Crippen MR) is 68.9 cm³/mol. The molecule has 0 atom stereocenters. The molecule has 0 spiro atoms. The van der Waals surface area contributed by atoms with Crippen LogP contribution in [0.1, 0.15) is 18.4 Å². The van der Waals surface area contributed by atoms with Gasteiger partial charge in [0.25, 0.3) is 0 Å². The van der Waals surface area contributed by atoms with E-state index in [1.807, 2.05) is 0 Å². The summed E-state index contributed by atoms with van der Waals surface area (Å²) in [4.78, 5) is 1.24. The lowest BCUT2D eigenvalue weighted by Gasteiger charge is -2.28. The molecule has 0 amide bonds. The van der Waals surface area contributed by atoms with Crippen LogP contribution in [0.3, 0.4) is 0 Å². The van der Waals surface area contributed by atoms with Crippen molar-refractivity contribution in [3.8, 4) is 0 Å². The van der Waals surface area contributed by atoms with E-state index in [1.165, 1.54) is 17.0 Å². The number of anilines is 1. The number of nitrogen functional groups attached to an aromatic ring is 1. The number of amidine groups is 1. The van der Waals surface area contributed by atoms with E-state index < -0.39 is 12.7 Å². The molecule has 1 saturated carbocycles. The molecule has 104 valence electrons. The molecule has 0 bridgehead atoms. The first-order valence-electron chi connectivity index (χ1n) is 5.76. The van der Waals surface area contributed by atoms with Crippen molar-refractivity contribution in [1.82, 2.24) is 0 Å². The van der Waals surface area contributed by atoms with E-state index in [0.717, 1.165) is 0 Å². The third-order valence-corrected chi connectivity index (χ3v) is 3.22. The Hall–Kier alpha value is -1.43. The number of benzene rings is 1. The highest BCUT2D eigenvalue weighted by atomic mass is 35.5. The maximum Gasteiger partial charge on any atom is 0.405 e. The van der Waals surface area contributed by atoms with Crippen LogP contribution in [0.25, 0.3) is 0 Å². The molecular formula is C12H13ClF3N3. The summed E-state index contributed by atoms with van der Waals surface area (Å²) in [6, 6.07) is 4.45. The highest BCUT2D eigenvalue weighted by Crippen LogP contribution is 2.37. The largest absolute Gasteiger partial charge is 0.405 e. The Labute approximate surface area is 113 Å². The molecule has 0 radical (unpaired) electrons. The smallest absolute Gasteiger partial charge is 0.384 e. The van der Waals surface area contributed by atoms with Gasteiger partial charge in [-0.1, -0.05) is 17.7 Å². The Morgan fingerprint density at radius 1 is 1.42 bits per heavy atom. The van der Waals surface area contributed by atoms with Crippen LogP contribution in [-0.2, 0) is 0 Å². The zero-order chi connectivity index (χ0) is 14.2. The summed E-state index contributed by atoms with van der Waals surface area (Å²) in [5.74, 6) is -0.326. The zero-order valence-corrected chi connectivity index (χ0v) is 10.7. The molecule has 3 nitrogen and oxygen atoms in total. The standard InChI is InChI=1S/C12H13ClF3N3/c13-8-2-1-3-9(10(8)11(17)18)19(7-4-5-7)6-12(14,15)16/h1-3,7H,4-6H2,(H3,17,18). The first-order chi connectivity index (χ1) is 8.79. The van der Waals surface area contributed by atoms with E-state index in [0.29, 0.717) is 12.8 Å². The molecule has 1 fully saturated rings. The number of hydrogen-bond donors (Lipinski definition) is 2. The summed E-state index contributed by atoms with van der Waals surface area (Å²) in [5, 5.41) is 7.68. The molecule has 3 N–H and O–H groups in total. The summed E-state index contributed by atoms with van der Waals surface area (Å²) < 4.78 is 38.0. The monoisotopic (exact) mass is 291 g/mol. The summed E-state index contributed by atoms with van der Waals surface area (Å²) in [5.41, 5.74) is 5.87. The van der Waals surface area contributed by atoms with Crippen LogP contribution in [0, 0.1) is 5.41 Å². The molecule has 0 unspecified atom stereocenters. The lowest BCUT2D eigenvalue weighted by molar-refractivity contribution is -0.120. The van der Waals surface area contributed by atoms with Crippen LogP contribution in [0.15, 0.2) is 18.2 Å². The lowest BCUT2D eigenvalue weighted by Crippen LogP contribution is -2.37. The number of halogens is 4. The Bertz CT molecular complexity index is 497. The lowest BCUT2D eigenvalue weighted by atomic mass is 10.1. The number of alkyl halides is 3. The minimum atomic E-state index is -4.31. The Balaban J connectivity index is 2.42. The van der Waals surface area contributed by atoms with Crippen LogP contribution >= 0.6 is 11.6 Å². The Morgan fingerprint density at radius 3 is 2.53 bits per heavy atom. The average molecular weight is 292 g/mol. The van der Waals surface area contributed by atoms with Crippen LogP contribution in [0.4, 0.5) is 18.9 Å².